The Bertz CT molecular complexity index is 905. The topological polar surface area (TPSA) is 149 Å². The van der Waals surface area contributed by atoms with E-state index < -0.39 is 46.1 Å². The Morgan fingerprint density at radius 2 is 2.08 bits per heavy atom. The number of nitro benzene ring substituents is 1. The van der Waals surface area contributed by atoms with Crippen LogP contribution in [0.3, 0.4) is 0 Å². The van der Waals surface area contributed by atoms with E-state index in [1.165, 1.54) is 0 Å². The van der Waals surface area contributed by atoms with Crippen molar-refractivity contribution < 1.29 is 36.1 Å². The molecule has 1 heterocycles. The van der Waals surface area contributed by atoms with Gasteiger partial charge >= 0.3 is 37.2 Å². The Morgan fingerprint density at radius 3 is 2.60 bits per heavy atom. The molecule has 0 saturated carbocycles. The van der Waals surface area contributed by atoms with Crippen LogP contribution in [0.15, 0.2) is 46.1 Å². The van der Waals surface area contributed by atoms with Crippen molar-refractivity contribution in [2.75, 3.05) is 6.29 Å². The normalized spacial score (nSPS) is 13.5. The third kappa shape index (κ3) is 5.89. The van der Waals surface area contributed by atoms with Crippen LogP contribution < -0.4 is 9.25 Å². The van der Waals surface area contributed by atoms with Crippen molar-refractivity contribution in [2.45, 2.75) is 4.90 Å². The molecule has 14 heteroatoms. The average molecular weight is 404 g/mol. The maximum atomic E-state index is 13.6. The van der Waals surface area contributed by atoms with Crippen molar-refractivity contribution in [3.05, 3.63) is 52.7 Å². The van der Waals surface area contributed by atoms with Crippen molar-refractivity contribution in [1.82, 2.24) is 4.72 Å². The van der Waals surface area contributed by atoms with Crippen molar-refractivity contribution >= 4 is 52.9 Å². The number of hydrogen-bond acceptors (Lipinski definition) is 7. The van der Waals surface area contributed by atoms with Gasteiger partial charge in [-0.15, -0.1) is 0 Å². The molecule has 0 bridgehead atoms. The summed E-state index contributed by atoms with van der Waals surface area (Å²) in [6.45, 7) is 0. The number of sulfonamides is 1. The SMILES string of the molecule is O=[N+]([O-])c1ccc(OP(=O)(O)CNS(=O)(=O)c2ccoc2)c(F)c1.[NaH]. The third-order valence-electron chi connectivity index (χ3n) is 2.63. The second kappa shape index (κ2) is 8.41. The first-order valence-electron chi connectivity index (χ1n) is 6.08. The van der Waals surface area contributed by atoms with Gasteiger partial charge in [-0.05, 0) is 12.1 Å². The van der Waals surface area contributed by atoms with E-state index >= 15 is 0 Å². The van der Waals surface area contributed by atoms with E-state index in [0.29, 0.717) is 6.07 Å². The summed E-state index contributed by atoms with van der Waals surface area (Å²) < 4.78 is 60.0. The quantitative estimate of drug-likeness (QED) is 0.302. The number of benzene rings is 1. The van der Waals surface area contributed by atoms with E-state index in [0.717, 1.165) is 30.7 Å². The van der Waals surface area contributed by atoms with E-state index in [1.54, 1.807) is 0 Å². The van der Waals surface area contributed by atoms with Gasteiger partial charge in [-0.25, -0.2) is 17.4 Å². The van der Waals surface area contributed by atoms with Crippen LogP contribution in [0, 0.1) is 15.9 Å². The van der Waals surface area contributed by atoms with Crippen LogP contribution in [0.1, 0.15) is 0 Å². The predicted octanol–water partition coefficient (Wildman–Crippen LogP) is 1.18. The average Bonchev–Trinajstić information content (AvgIpc) is 3.02. The molecule has 25 heavy (non-hydrogen) atoms. The molecule has 1 aromatic carbocycles. The first-order chi connectivity index (χ1) is 11.1. The molecule has 0 radical (unpaired) electrons. The fraction of sp³-hybridized carbons (Fsp3) is 0.0909. The number of halogens is 1. The zero-order chi connectivity index (χ0) is 18.0. The van der Waals surface area contributed by atoms with Crippen LogP contribution in [0.5, 0.6) is 5.75 Å². The molecule has 0 spiro atoms. The van der Waals surface area contributed by atoms with Crippen LogP contribution in [-0.4, -0.2) is 54.1 Å². The summed E-state index contributed by atoms with van der Waals surface area (Å²) in [5.74, 6) is -1.97. The molecular weight excluding hydrogens is 393 g/mol. The summed E-state index contributed by atoms with van der Waals surface area (Å²) in [5.41, 5.74) is -0.576. The molecule has 1 atom stereocenters. The summed E-state index contributed by atoms with van der Waals surface area (Å²) in [7, 11) is -8.72. The second-order valence-corrected chi connectivity index (χ2v) is 7.91. The fourth-order valence-corrected chi connectivity index (χ4v) is 3.95. The molecule has 2 aromatic rings. The van der Waals surface area contributed by atoms with Gasteiger partial charge in [0.05, 0.1) is 17.3 Å². The van der Waals surface area contributed by atoms with E-state index in [2.05, 4.69) is 8.94 Å². The summed E-state index contributed by atoms with van der Waals surface area (Å²) in [4.78, 5) is 19.0. The number of nitrogens with zero attached hydrogens (tertiary/aromatic N) is 1. The molecule has 0 fully saturated rings. The number of furan rings is 1. The molecule has 1 aromatic heterocycles. The molecular formula is C11H11FN2NaO8PS. The first kappa shape index (κ1) is 21.8. The summed E-state index contributed by atoms with van der Waals surface area (Å²) in [6, 6.07) is 3.28. The van der Waals surface area contributed by atoms with Gasteiger partial charge in [-0.3, -0.25) is 10.1 Å². The number of nitrogens with one attached hydrogen (secondary N) is 1. The summed E-state index contributed by atoms with van der Waals surface area (Å²) >= 11 is 0. The fourth-order valence-electron chi connectivity index (χ4n) is 1.52. The Labute approximate surface area is 163 Å². The van der Waals surface area contributed by atoms with E-state index in [1.807, 2.05) is 4.72 Å². The van der Waals surface area contributed by atoms with Gasteiger partial charge in [0.15, 0.2) is 11.6 Å². The van der Waals surface area contributed by atoms with Crippen LogP contribution in [0.25, 0.3) is 0 Å². The molecule has 1 unspecified atom stereocenters. The van der Waals surface area contributed by atoms with E-state index in [-0.39, 0.29) is 34.5 Å². The summed E-state index contributed by atoms with van der Waals surface area (Å²) in [6.07, 6.45) is 0.953. The van der Waals surface area contributed by atoms with Crippen LogP contribution in [0.4, 0.5) is 10.1 Å². The molecule has 2 rings (SSSR count). The predicted molar refractivity (Wildman–Crippen MR) is 84.6 cm³/mol. The Kier molecular flexibility index (Phi) is 7.32. The van der Waals surface area contributed by atoms with Gasteiger partial charge in [0, 0.05) is 6.07 Å². The molecule has 0 aliphatic rings. The Balaban J connectivity index is 0.00000312. The molecule has 0 aliphatic carbocycles. The zero-order valence-electron chi connectivity index (χ0n) is 11.7. The van der Waals surface area contributed by atoms with E-state index in [9.17, 15) is 32.4 Å². The molecule has 2 N–H and O–H groups in total. The van der Waals surface area contributed by atoms with Crippen molar-refractivity contribution in [1.29, 1.82) is 0 Å². The Hall–Kier alpha value is -1.27. The van der Waals surface area contributed by atoms with Crippen LogP contribution >= 0.6 is 7.60 Å². The molecule has 0 amide bonds. The van der Waals surface area contributed by atoms with Crippen molar-refractivity contribution in [2.24, 2.45) is 0 Å². The standard InChI is InChI=1S/C11H10FN2O8PS.Na.H/c12-10-5-8(14(15)16)1-2-11(10)22-23(17,18)7-13-24(19,20)9-3-4-21-6-9;;/h1-6,13H,7H2,(H,17,18);;. The molecule has 132 valence electrons. The van der Waals surface area contributed by atoms with Crippen molar-refractivity contribution in [3.63, 3.8) is 0 Å². The monoisotopic (exact) mass is 404 g/mol. The van der Waals surface area contributed by atoms with Gasteiger partial charge < -0.3 is 13.8 Å². The summed E-state index contributed by atoms with van der Waals surface area (Å²) in [5, 5.41) is 10.5. The minimum atomic E-state index is -4.61. The number of rotatable bonds is 7. The number of nitro groups is 1. The maximum absolute atomic E-state index is 13.6. The van der Waals surface area contributed by atoms with Gasteiger partial charge in [-0.2, -0.15) is 4.72 Å². The number of hydrogen-bond donors (Lipinski definition) is 2. The second-order valence-electron chi connectivity index (χ2n) is 4.37. The molecule has 0 aliphatic heterocycles. The van der Waals surface area contributed by atoms with Crippen LogP contribution in [-0.2, 0) is 14.6 Å². The van der Waals surface area contributed by atoms with Crippen molar-refractivity contribution in [3.8, 4) is 5.75 Å². The van der Waals surface area contributed by atoms with Gasteiger partial charge in [0.2, 0.25) is 10.0 Å². The van der Waals surface area contributed by atoms with Gasteiger partial charge in [0.25, 0.3) is 5.69 Å². The van der Waals surface area contributed by atoms with Gasteiger partial charge in [-0.1, -0.05) is 0 Å². The Morgan fingerprint density at radius 1 is 1.40 bits per heavy atom. The molecule has 10 nitrogen and oxygen atoms in total. The zero-order valence-corrected chi connectivity index (χ0v) is 13.4. The first-order valence-corrected chi connectivity index (χ1v) is 9.32. The number of non-ortho nitro benzene ring substituents is 1. The van der Waals surface area contributed by atoms with E-state index in [4.69, 9.17) is 0 Å². The molecule has 0 saturated heterocycles. The van der Waals surface area contributed by atoms with Gasteiger partial charge in [0.1, 0.15) is 17.4 Å². The minimum absolute atomic E-state index is 0. The third-order valence-corrected chi connectivity index (χ3v) is 5.26. The van der Waals surface area contributed by atoms with Crippen LogP contribution in [0.2, 0.25) is 0 Å².